The van der Waals surface area contributed by atoms with E-state index in [-0.39, 0.29) is 5.54 Å². The largest absolute Gasteiger partial charge is 0.329 e. The lowest BCUT2D eigenvalue weighted by molar-refractivity contribution is 0.0184. The minimum Gasteiger partial charge on any atom is -0.329 e. The summed E-state index contributed by atoms with van der Waals surface area (Å²) in [5.41, 5.74) is 10.1. The van der Waals surface area contributed by atoms with E-state index in [4.69, 9.17) is 5.73 Å². The molecule has 1 aliphatic carbocycles. The average Bonchev–Trinajstić information content (AvgIpc) is 2.35. The maximum atomic E-state index is 6.12. The number of hydrazine groups is 1. The Bertz CT molecular complexity index is 238. The highest BCUT2D eigenvalue weighted by Crippen LogP contribution is 2.36. The first-order valence-electron chi connectivity index (χ1n) is 7.39. The van der Waals surface area contributed by atoms with Crippen LogP contribution in [0.2, 0.25) is 0 Å². The lowest BCUT2D eigenvalue weighted by Gasteiger charge is -2.48. The maximum Gasteiger partial charge on any atom is 0.0476 e. The number of piperidine rings is 1. The fourth-order valence-electron chi connectivity index (χ4n) is 3.54. The summed E-state index contributed by atoms with van der Waals surface area (Å²) in [6, 6.07) is 0. The van der Waals surface area contributed by atoms with E-state index in [0.29, 0.717) is 5.92 Å². The maximum absolute atomic E-state index is 6.12. The summed E-state index contributed by atoms with van der Waals surface area (Å²) >= 11 is 0. The zero-order chi connectivity index (χ0) is 12.3. The molecule has 3 nitrogen and oxygen atoms in total. The Morgan fingerprint density at radius 2 is 1.88 bits per heavy atom. The van der Waals surface area contributed by atoms with Crippen LogP contribution in [-0.2, 0) is 0 Å². The third kappa shape index (κ3) is 3.01. The van der Waals surface area contributed by atoms with Gasteiger partial charge in [-0.2, -0.15) is 0 Å². The Hall–Kier alpha value is -0.120. The van der Waals surface area contributed by atoms with Crippen LogP contribution < -0.4 is 11.2 Å². The van der Waals surface area contributed by atoms with Gasteiger partial charge in [-0.15, -0.1) is 0 Å². The van der Waals surface area contributed by atoms with Crippen molar-refractivity contribution in [2.45, 2.75) is 57.9 Å². The number of nitrogens with zero attached hydrogens (tertiary/aromatic N) is 1. The highest BCUT2D eigenvalue weighted by Gasteiger charge is 2.40. The van der Waals surface area contributed by atoms with Gasteiger partial charge < -0.3 is 5.73 Å². The van der Waals surface area contributed by atoms with Crippen LogP contribution >= 0.6 is 0 Å². The van der Waals surface area contributed by atoms with Gasteiger partial charge in [-0.1, -0.05) is 26.7 Å². The molecule has 1 saturated carbocycles. The predicted octanol–water partition coefficient (Wildman–Crippen LogP) is 2.13. The van der Waals surface area contributed by atoms with Gasteiger partial charge in [0, 0.05) is 25.2 Å². The zero-order valence-electron chi connectivity index (χ0n) is 11.5. The van der Waals surface area contributed by atoms with E-state index in [1.807, 2.05) is 0 Å². The van der Waals surface area contributed by atoms with E-state index in [1.54, 1.807) is 0 Å². The fourth-order valence-corrected chi connectivity index (χ4v) is 3.54. The molecule has 3 heteroatoms. The van der Waals surface area contributed by atoms with Crippen LogP contribution in [0.5, 0.6) is 0 Å². The Morgan fingerprint density at radius 1 is 1.18 bits per heavy atom. The molecule has 0 aromatic rings. The van der Waals surface area contributed by atoms with Gasteiger partial charge in [-0.25, -0.2) is 10.4 Å². The van der Waals surface area contributed by atoms with Crippen molar-refractivity contribution in [1.29, 1.82) is 0 Å². The Labute approximate surface area is 106 Å². The second kappa shape index (κ2) is 5.68. The standard InChI is InChI=1S/C14H29N3/c1-12-6-7-13(2)14(10-12,11-15)16-17-8-4-3-5-9-17/h12-13,16H,3-11,15H2,1-2H3. The highest BCUT2D eigenvalue weighted by molar-refractivity contribution is 4.97. The quantitative estimate of drug-likeness (QED) is 0.793. The number of nitrogens with one attached hydrogen (secondary N) is 1. The zero-order valence-corrected chi connectivity index (χ0v) is 11.5. The number of hydrogen-bond acceptors (Lipinski definition) is 3. The van der Waals surface area contributed by atoms with E-state index < -0.39 is 0 Å². The minimum absolute atomic E-state index is 0.162. The summed E-state index contributed by atoms with van der Waals surface area (Å²) in [4.78, 5) is 0. The molecule has 1 saturated heterocycles. The molecule has 0 aromatic carbocycles. The summed E-state index contributed by atoms with van der Waals surface area (Å²) in [5.74, 6) is 1.51. The van der Waals surface area contributed by atoms with Crippen molar-refractivity contribution < 1.29 is 0 Å². The van der Waals surface area contributed by atoms with Gasteiger partial charge in [0.1, 0.15) is 0 Å². The van der Waals surface area contributed by atoms with Crippen molar-refractivity contribution in [1.82, 2.24) is 10.4 Å². The second-order valence-corrected chi connectivity index (χ2v) is 6.31. The molecule has 0 amide bonds. The first-order chi connectivity index (χ1) is 8.16. The molecule has 0 aromatic heterocycles. The lowest BCUT2D eigenvalue weighted by Crippen LogP contribution is -2.64. The molecule has 2 rings (SSSR count). The first kappa shape index (κ1) is 13.3. The Morgan fingerprint density at radius 3 is 2.53 bits per heavy atom. The minimum atomic E-state index is 0.162. The van der Waals surface area contributed by atoms with Crippen LogP contribution in [0.15, 0.2) is 0 Å². The van der Waals surface area contributed by atoms with Gasteiger partial charge in [-0.05, 0) is 37.5 Å². The molecule has 1 heterocycles. The topological polar surface area (TPSA) is 41.3 Å². The summed E-state index contributed by atoms with van der Waals surface area (Å²) in [6.45, 7) is 7.91. The van der Waals surface area contributed by atoms with Crippen LogP contribution in [0.1, 0.15) is 52.4 Å². The van der Waals surface area contributed by atoms with Gasteiger partial charge in [0.25, 0.3) is 0 Å². The van der Waals surface area contributed by atoms with Gasteiger partial charge in [0.2, 0.25) is 0 Å². The normalized spacial score (nSPS) is 40.4. The van der Waals surface area contributed by atoms with Crippen molar-refractivity contribution in [3.63, 3.8) is 0 Å². The number of rotatable bonds is 3. The van der Waals surface area contributed by atoms with Crippen molar-refractivity contribution in [3.8, 4) is 0 Å². The Balaban J connectivity index is 2.00. The predicted molar refractivity (Wildman–Crippen MR) is 72.5 cm³/mol. The van der Waals surface area contributed by atoms with E-state index in [9.17, 15) is 0 Å². The molecule has 3 N–H and O–H groups in total. The van der Waals surface area contributed by atoms with E-state index >= 15 is 0 Å². The number of nitrogens with two attached hydrogens (primary N) is 1. The van der Waals surface area contributed by atoms with Crippen LogP contribution in [0.3, 0.4) is 0 Å². The van der Waals surface area contributed by atoms with Gasteiger partial charge >= 0.3 is 0 Å². The first-order valence-corrected chi connectivity index (χ1v) is 7.39. The van der Waals surface area contributed by atoms with Crippen LogP contribution in [0.25, 0.3) is 0 Å². The van der Waals surface area contributed by atoms with Crippen molar-refractivity contribution in [3.05, 3.63) is 0 Å². The average molecular weight is 239 g/mol. The smallest absolute Gasteiger partial charge is 0.0476 e. The van der Waals surface area contributed by atoms with E-state index in [0.717, 1.165) is 12.5 Å². The molecule has 1 aliphatic heterocycles. The molecule has 0 spiro atoms. The SMILES string of the molecule is CC1CCC(C)C(CN)(NN2CCCCC2)C1. The van der Waals surface area contributed by atoms with Crippen LogP contribution in [0.4, 0.5) is 0 Å². The van der Waals surface area contributed by atoms with E-state index in [1.165, 1.54) is 51.6 Å². The highest BCUT2D eigenvalue weighted by atomic mass is 15.5. The second-order valence-electron chi connectivity index (χ2n) is 6.31. The van der Waals surface area contributed by atoms with Gasteiger partial charge in [0.15, 0.2) is 0 Å². The molecule has 3 unspecified atom stereocenters. The summed E-state index contributed by atoms with van der Waals surface area (Å²) in [6.07, 6.45) is 7.97. The molecule has 3 atom stereocenters. The molecular formula is C14H29N3. The molecule has 17 heavy (non-hydrogen) atoms. The van der Waals surface area contributed by atoms with Crippen LogP contribution in [0, 0.1) is 11.8 Å². The van der Waals surface area contributed by atoms with E-state index in [2.05, 4.69) is 24.3 Å². The Kier molecular flexibility index (Phi) is 4.45. The molecular weight excluding hydrogens is 210 g/mol. The molecule has 0 bridgehead atoms. The molecule has 2 fully saturated rings. The summed E-state index contributed by atoms with van der Waals surface area (Å²) < 4.78 is 0. The van der Waals surface area contributed by atoms with Gasteiger partial charge in [0.05, 0.1) is 0 Å². The lowest BCUT2D eigenvalue weighted by atomic mass is 9.70. The monoisotopic (exact) mass is 239 g/mol. The summed E-state index contributed by atoms with van der Waals surface area (Å²) in [5, 5.41) is 2.44. The van der Waals surface area contributed by atoms with Gasteiger partial charge in [-0.3, -0.25) is 0 Å². The summed E-state index contributed by atoms with van der Waals surface area (Å²) in [7, 11) is 0. The van der Waals surface area contributed by atoms with Crippen LogP contribution in [-0.4, -0.2) is 30.2 Å². The van der Waals surface area contributed by atoms with Crippen molar-refractivity contribution >= 4 is 0 Å². The molecule has 0 radical (unpaired) electrons. The van der Waals surface area contributed by atoms with Crippen molar-refractivity contribution in [2.24, 2.45) is 17.6 Å². The van der Waals surface area contributed by atoms with Crippen molar-refractivity contribution in [2.75, 3.05) is 19.6 Å². The molecule has 2 aliphatic rings. The number of hydrogen-bond donors (Lipinski definition) is 2. The third-order valence-corrected chi connectivity index (χ3v) is 4.85. The fraction of sp³-hybridized carbons (Fsp3) is 1.00. The molecule has 100 valence electrons. The third-order valence-electron chi connectivity index (χ3n) is 4.85.